The van der Waals surface area contributed by atoms with E-state index in [-0.39, 0.29) is 6.04 Å². The van der Waals surface area contributed by atoms with Crippen molar-refractivity contribution in [2.45, 2.75) is 73.4 Å². The van der Waals surface area contributed by atoms with Crippen LogP contribution < -0.4 is 10.6 Å². The van der Waals surface area contributed by atoms with E-state index in [0.717, 1.165) is 22.9 Å². The largest absolute Gasteiger partial charge is 0.362 e. The van der Waals surface area contributed by atoms with Crippen molar-refractivity contribution in [3.63, 3.8) is 0 Å². The number of hydrogen-bond donors (Lipinski definition) is 2. The predicted octanol–water partition coefficient (Wildman–Crippen LogP) is 6.75. The van der Waals surface area contributed by atoms with Gasteiger partial charge in [0.1, 0.15) is 18.0 Å². The summed E-state index contributed by atoms with van der Waals surface area (Å²) in [6.45, 7) is 19.0. The number of hydrogen-bond acceptors (Lipinski definition) is 5. The highest BCUT2D eigenvalue weighted by Crippen LogP contribution is 2.43. The van der Waals surface area contributed by atoms with Crippen molar-refractivity contribution in [2.75, 3.05) is 10.6 Å². The second kappa shape index (κ2) is 10.0. The summed E-state index contributed by atoms with van der Waals surface area (Å²) in [5.74, 6) is 1.67. The van der Waals surface area contributed by atoms with Crippen molar-refractivity contribution in [1.29, 1.82) is 0 Å². The second-order valence-electron chi connectivity index (χ2n) is 8.58. The molecule has 0 amide bonds. The fourth-order valence-electron chi connectivity index (χ4n) is 4.04. The number of aromatic nitrogens is 2. The fourth-order valence-corrected chi connectivity index (χ4v) is 4.04. The van der Waals surface area contributed by atoms with Gasteiger partial charge in [0.15, 0.2) is 0 Å². The standard InChI is InChI=1S/C25H31N5.C2H6/c1-15(2)13-26-24-17(4)25(28-14-27-24)29-18(5)22-12-20-9-7-8-16(3)23(20)19(6)30(22)21-10-11-21;1-2/h7-9,12-14,18,21H,6,10-11H2,1-5H3,(H2,26,27,28,29);1-2H3/t18-;/m0./s1. The van der Waals surface area contributed by atoms with Gasteiger partial charge in [0.2, 0.25) is 0 Å². The molecule has 4 rings (SSSR count). The van der Waals surface area contributed by atoms with Crippen LogP contribution in [0.4, 0.5) is 11.6 Å². The molecule has 2 N–H and O–H groups in total. The van der Waals surface area contributed by atoms with E-state index in [1.54, 1.807) is 6.33 Å². The maximum atomic E-state index is 4.51. The maximum Gasteiger partial charge on any atom is 0.138 e. The molecule has 32 heavy (non-hydrogen) atoms. The molecule has 5 nitrogen and oxygen atoms in total. The van der Waals surface area contributed by atoms with Crippen molar-refractivity contribution in [2.24, 2.45) is 0 Å². The minimum absolute atomic E-state index is 0.0842. The van der Waals surface area contributed by atoms with E-state index < -0.39 is 0 Å². The van der Waals surface area contributed by atoms with Crippen molar-refractivity contribution in [3.05, 3.63) is 70.8 Å². The van der Waals surface area contributed by atoms with Gasteiger partial charge in [0, 0.05) is 34.8 Å². The smallest absolute Gasteiger partial charge is 0.138 e. The first-order chi connectivity index (χ1) is 15.4. The third-order valence-electron chi connectivity index (χ3n) is 5.76. The highest BCUT2D eigenvalue weighted by atomic mass is 15.2. The Morgan fingerprint density at radius 2 is 1.84 bits per heavy atom. The number of nitrogens with one attached hydrogen (secondary N) is 2. The van der Waals surface area contributed by atoms with E-state index >= 15 is 0 Å². The number of fused-ring (bicyclic) bond motifs is 1. The van der Waals surface area contributed by atoms with E-state index in [1.165, 1.54) is 40.8 Å². The van der Waals surface area contributed by atoms with E-state index in [4.69, 9.17) is 0 Å². The Labute approximate surface area is 193 Å². The first kappa shape index (κ1) is 23.6. The molecule has 2 aromatic rings. The number of anilines is 2. The summed E-state index contributed by atoms with van der Waals surface area (Å²) in [4.78, 5) is 11.3. The molecule has 170 valence electrons. The number of aryl methyl sites for hydroxylation is 1. The van der Waals surface area contributed by atoms with Crippen molar-refractivity contribution < 1.29 is 0 Å². The lowest BCUT2D eigenvalue weighted by molar-refractivity contribution is 0.453. The van der Waals surface area contributed by atoms with Gasteiger partial charge in [-0.3, -0.25) is 0 Å². The molecule has 0 radical (unpaired) electrons. The van der Waals surface area contributed by atoms with Crippen LogP contribution in [0.5, 0.6) is 0 Å². The summed E-state index contributed by atoms with van der Waals surface area (Å²) in [5.41, 5.74) is 8.35. The number of allylic oxidation sites excluding steroid dienone is 1. The van der Waals surface area contributed by atoms with Crippen LogP contribution in [0.15, 0.2) is 48.6 Å². The van der Waals surface area contributed by atoms with Crippen molar-refractivity contribution >= 4 is 23.4 Å². The molecule has 0 spiro atoms. The highest BCUT2D eigenvalue weighted by Gasteiger charge is 2.37. The first-order valence-electron chi connectivity index (χ1n) is 11.6. The van der Waals surface area contributed by atoms with Gasteiger partial charge in [-0.2, -0.15) is 0 Å². The molecule has 1 fully saturated rings. The van der Waals surface area contributed by atoms with E-state index in [1.807, 2.05) is 27.0 Å². The summed E-state index contributed by atoms with van der Waals surface area (Å²) in [6.07, 6.45) is 8.31. The average molecular weight is 432 g/mol. The van der Waals surface area contributed by atoms with Crippen LogP contribution in [0.3, 0.4) is 0 Å². The molecular formula is C27H37N5. The average Bonchev–Trinajstić information content (AvgIpc) is 3.60. The summed E-state index contributed by atoms with van der Waals surface area (Å²) in [7, 11) is 0. The van der Waals surface area contributed by atoms with Gasteiger partial charge in [-0.25, -0.2) is 9.97 Å². The Hall–Kier alpha value is -3.08. The highest BCUT2D eigenvalue weighted by molar-refractivity contribution is 5.81. The molecular weight excluding hydrogens is 394 g/mol. The van der Waals surface area contributed by atoms with Gasteiger partial charge in [0.05, 0.1) is 6.04 Å². The van der Waals surface area contributed by atoms with Gasteiger partial charge >= 0.3 is 0 Å². The molecule has 1 aromatic heterocycles. The van der Waals surface area contributed by atoms with Crippen LogP contribution in [0, 0.1) is 13.8 Å². The summed E-state index contributed by atoms with van der Waals surface area (Å²) < 4.78 is 0. The zero-order valence-electron chi connectivity index (χ0n) is 20.6. The van der Waals surface area contributed by atoms with Crippen LogP contribution >= 0.6 is 0 Å². The second-order valence-corrected chi connectivity index (χ2v) is 8.58. The van der Waals surface area contributed by atoms with E-state index in [2.05, 4.69) is 84.1 Å². The van der Waals surface area contributed by atoms with E-state index in [9.17, 15) is 0 Å². The Morgan fingerprint density at radius 1 is 1.16 bits per heavy atom. The first-order valence-corrected chi connectivity index (χ1v) is 11.6. The molecule has 0 unspecified atom stereocenters. The molecule has 0 bridgehead atoms. The lowest BCUT2D eigenvalue weighted by atomic mass is 9.92. The van der Waals surface area contributed by atoms with Gasteiger partial charge in [-0.05, 0) is 64.7 Å². The fraction of sp³-hybridized carbons (Fsp3) is 0.407. The van der Waals surface area contributed by atoms with Crippen LogP contribution in [-0.4, -0.2) is 27.0 Å². The number of rotatable bonds is 6. The molecule has 2 heterocycles. The molecule has 1 aliphatic heterocycles. The predicted molar refractivity (Wildman–Crippen MR) is 137 cm³/mol. The van der Waals surface area contributed by atoms with Gasteiger partial charge in [-0.15, -0.1) is 0 Å². The topological polar surface area (TPSA) is 53.1 Å². The number of nitrogens with zero attached hydrogens (tertiary/aromatic N) is 3. The summed E-state index contributed by atoms with van der Waals surface area (Å²) in [5, 5.41) is 6.90. The molecule has 1 aliphatic carbocycles. The molecule has 2 aliphatic rings. The summed E-state index contributed by atoms with van der Waals surface area (Å²) in [6, 6.07) is 7.10. The van der Waals surface area contributed by atoms with Crippen LogP contribution in [0.2, 0.25) is 0 Å². The number of benzene rings is 1. The van der Waals surface area contributed by atoms with Crippen LogP contribution in [0.1, 0.15) is 69.7 Å². The van der Waals surface area contributed by atoms with Crippen LogP contribution in [-0.2, 0) is 0 Å². The third kappa shape index (κ3) is 4.87. The molecule has 1 saturated carbocycles. The Balaban J connectivity index is 0.00000141. The van der Waals surface area contributed by atoms with Crippen molar-refractivity contribution in [3.8, 4) is 0 Å². The van der Waals surface area contributed by atoms with Gasteiger partial charge < -0.3 is 15.5 Å². The molecule has 0 saturated heterocycles. The Bertz CT molecular complexity index is 1040. The molecule has 1 aromatic carbocycles. The Kier molecular flexibility index (Phi) is 7.39. The van der Waals surface area contributed by atoms with Gasteiger partial charge in [-0.1, -0.05) is 44.2 Å². The zero-order valence-corrected chi connectivity index (χ0v) is 20.6. The zero-order chi connectivity index (χ0) is 23.4. The maximum absolute atomic E-state index is 4.51. The van der Waals surface area contributed by atoms with Gasteiger partial charge in [0.25, 0.3) is 0 Å². The monoisotopic (exact) mass is 431 g/mol. The third-order valence-corrected chi connectivity index (χ3v) is 5.76. The minimum atomic E-state index is 0.0842. The van der Waals surface area contributed by atoms with E-state index in [0.29, 0.717) is 6.04 Å². The lowest BCUT2D eigenvalue weighted by Crippen LogP contribution is -2.35. The van der Waals surface area contributed by atoms with Crippen molar-refractivity contribution in [1.82, 2.24) is 14.9 Å². The SMILES string of the molecule is C=C1c2c(C)cccc2C=C([C@H](C)Nc2ncnc(NC=C(C)C)c2C)N1C1CC1.CC. The molecule has 5 heteroatoms. The normalized spacial score (nSPS) is 15.7. The Morgan fingerprint density at radius 3 is 2.50 bits per heavy atom. The lowest BCUT2D eigenvalue weighted by Gasteiger charge is -2.38. The minimum Gasteiger partial charge on any atom is -0.362 e. The quantitative estimate of drug-likeness (QED) is 0.530. The summed E-state index contributed by atoms with van der Waals surface area (Å²) >= 11 is 0. The molecule has 1 atom stereocenters. The van der Waals surface area contributed by atoms with Crippen LogP contribution in [0.25, 0.3) is 11.8 Å².